The molecule has 0 atom stereocenters. The molecule has 0 spiro atoms. The Labute approximate surface area is 204 Å². The van der Waals surface area contributed by atoms with Crippen molar-refractivity contribution in [2.75, 3.05) is 20.2 Å². The molecule has 0 bridgehead atoms. The van der Waals surface area contributed by atoms with E-state index in [-0.39, 0.29) is 6.09 Å². The Morgan fingerprint density at radius 1 is 0.882 bits per heavy atom. The predicted octanol–water partition coefficient (Wildman–Crippen LogP) is 6.67. The highest BCUT2D eigenvalue weighted by Crippen LogP contribution is 2.34. The minimum Gasteiger partial charge on any atom is -0.497 e. The average molecular weight is 474 g/mol. The number of carbonyl (C=O) groups excluding carboxylic acids is 1. The highest BCUT2D eigenvalue weighted by atomic mass is 28.3. The smallest absolute Gasteiger partial charge is 0.415 e. The summed E-state index contributed by atoms with van der Waals surface area (Å²) in [6.07, 6.45) is 1.84. The van der Waals surface area contributed by atoms with Crippen LogP contribution in [0.1, 0.15) is 30.5 Å². The monoisotopic (exact) mass is 473 g/mol. The van der Waals surface area contributed by atoms with Crippen LogP contribution in [0.4, 0.5) is 4.79 Å². The quantitative estimate of drug-likeness (QED) is 0.271. The minimum atomic E-state index is -1.83. The maximum absolute atomic E-state index is 13.1. The van der Waals surface area contributed by atoms with Crippen LogP contribution < -0.4 is 14.7 Å². The van der Waals surface area contributed by atoms with Gasteiger partial charge in [0.1, 0.15) is 11.5 Å². The summed E-state index contributed by atoms with van der Waals surface area (Å²) in [4.78, 5) is 14.8. The largest absolute Gasteiger partial charge is 0.497 e. The van der Waals surface area contributed by atoms with Crippen molar-refractivity contribution in [2.24, 2.45) is 0 Å². The van der Waals surface area contributed by atoms with E-state index in [1.54, 1.807) is 12.0 Å². The van der Waals surface area contributed by atoms with Gasteiger partial charge in [-0.1, -0.05) is 80.3 Å². The summed E-state index contributed by atoms with van der Waals surface area (Å²) in [6, 6.07) is 24.4. The zero-order valence-electron chi connectivity index (χ0n) is 21.1. The van der Waals surface area contributed by atoms with Crippen LogP contribution in [0.2, 0.25) is 19.6 Å². The van der Waals surface area contributed by atoms with Crippen LogP contribution in [0, 0.1) is 0 Å². The van der Waals surface area contributed by atoms with Crippen molar-refractivity contribution in [3.8, 4) is 11.5 Å². The Bertz CT molecular complexity index is 1130. The van der Waals surface area contributed by atoms with E-state index in [1.807, 2.05) is 62.4 Å². The first-order chi connectivity index (χ1) is 16.3. The zero-order chi connectivity index (χ0) is 24.7. The van der Waals surface area contributed by atoms with Gasteiger partial charge in [-0.25, -0.2) is 4.79 Å². The lowest BCUT2D eigenvalue weighted by atomic mass is 9.94. The summed E-state index contributed by atoms with van der Waals surface area (Å²) < 4.78 is 11.6. The van der Waals surface area contributed by atoms with Crippen molar-refractivity contribution in [3.63, 3.8) is 0 Å². The predicted molar refractivity (Wildman–Crippen MR) is 145 cm³/mol. The van der Waals surface area contributed by atoms with Gasteiger partial charge in [-0.2, -0.15) is 0 Å². The highest BCUT2D eigenvalue weighted by molar-refractivity contribution is 6.89. The molecule has 0 radical (unpaired) electrons. The lowest BCUT2D eigenvalue weighted by Gasteiger charge is -2.26. The number of hydrogen-bond acceptors (Lipinski definition) is 3. The van der Waals surface area contributed by atoms with Gasteiger partial charge in [-0.3, -0.25) is 0 Å². The molecule has 0 aromatic heterocycles. The molecule has 0 unspecified atom stereocenters. The third-order valence-electron chi connectivity index (χ3n) is 5.84. The van der Waals surface area contributed by atoms with Crippen LogP contribution in [-0.4, -0.2) is 39.3 Å². The Morgan fingerprint density at radius 3 is 2.09 bits per heavy atom. The van der Waals surface area contributed by atoms with Gasteiger partial charge < -0.3 is 14.4 Å². The first-order valence-electron chi connectivity index (χ1n) is 11.8. The van der Waals surface area contributed by atoms with Crippen molar-refractivity contribution in [2.45, 2.75) is 33.5 Å². The summed E-state index contributed by atoms with van der Waals surface area (Å²) in [5.41, 5.74) is 4.01. The Hall–Kier alpha value is -3.31. The van der Waals surface area contributed by atoms with E-state index in [1.165, 1.54) is 0 Å². The number of rotatable bonds is 8. The molecule has 0 saturated carbocycles. The molecule has 0 aliphatic heterocycles. The molecule has 0 aliphatic rings. The standard InChI is InChI=1S/C29H35NO3Si/c1-7-30(8-2)29(31)33-28-25(15-12-16-27(28)34(4,5)6)26(21-22-13-10-9-11-14-22)23-17-19-24(32-3)20-18-23/h9-21H,7-8H2,1-6H3/b26-21+. The van der Waals surface area contributed by atoms with Gasteiger partial charge in [0.2, 0.25) is 0 Å². The van der Waals surface area contributed by atoms with E-state index in [2.05, 4.69) is 50.0 Å². The Kier molecular flexibility index (Phi) is 8.34. The van der Waals surface area contributed by atoms with Gasteiger partial charge in [0.15, 0.2) is 0 Å². The van der Waals surface area contributed by atoms with Crippen LogP contribution in [0.3, 0.4) is 0 Å². The highest BCUT2D eigenvalue weighted by Gasteiger charge is 2.27. The van der Waals surface area contributed by atoms with Gasteiger partial charge in [-0.05, 0) is 53.9 Å². The number of para-hydroxylation sites is 1. The second kappa shape index (κ2) is 11.2. The number of methoxy groups -OCH3 is 1. The fourth-order valence-electron chi connectivity index (χ4n) is 3.89. The second-order valence-electron chi connectivity index (χ2n) is 9.17. The first-order valence-corrected chi connectivity index (χ1v) is 15.3. The van der Waals surface area contributed by atoms with Crippen LogP contribution in [0.15, 0.2) is 72.8 Å². The molecule has 0 aliphatic carbocycles. The number of carbonyl (C=O) groups is 1. The molecule has 0 saturated heterocycles. The molecule has 3 aromatic carbocycles. The van der Waals surface area contributed by atoms with Crippen LogP contribution in [0.25, 0.3) is 11.6 Å². The molecule has 1 amide bonds. The van der Waals surface area contributed by atoms with Crippen LogP contribution in [-0.2, 0) is 0 Å². The third-order valence-corrected chi connectivity index (χ3v) is 7.85. The van der Waals surface area contributed by atoms with Crippen molar-refractivity contribution in [1.82, 2.24) is 4.90 Å². The lowest BCUT2D eigenvalue weighted by molar-refractivity contribution is 0.157. The topological polar surface area (TPSA) is 38.8 Å². The summed E-state index contributed by atoms with van der Waals surface area (Å²) in [7, 11) is -0.163. The third kappa shape index (κ3) is 5.97. The number of nitrogens with zero attached hydrogens (tertiary/aromatic N) is 1. The van der Waals surface area contributed by atoms with E-state index in [9.17, 15) is 4.79 Å². The summed E-state index contributed by atoms with van der Waals surface area (Å²) in [6.45, 7) is 12.0. The molecule has 178 valence electrons. The van der Waals surface area contributed by atoms with Gasteiger partial charge in [0.05, 0.1) is 15.2 Å². The van der Waals surface area contributed by atoms with Crippen molar-refractivity contribution in [1.29, 1.82) is 0 Å². The van der Waals surface area contributed by atoms with Gasteiger partial charge in [-0.15, -0.1) is 0 Å². The number of ether oxygens (including phenoxy) is 2. The number of hydrogen-bond donors (Lipinski definition) is 0. The molecular weight excluding hydrogens is 438 g/mol. The van der Waals surface area contributed by atoms with Crippen molar-refractivity contribution in [3.05, 3.63) is 89.5 Å². The van der Waals surface area contributed by atoms with E-state index in [0.717, 1.165) is 33.2 Å². The fourth-order valence-corrected chi connectivity index (χ4v) is 5.35. The number of amides is 1. The molecule has 0 heterocycles. The molecule has 5 heteroatoms. The second-order valence-corrected chi connectivity index (χ2v) is 14.2. The average Bonchev–Trinajstić information content (AvgIpc) is 2.83. The van der Waals surface area contributed by atoms with Gasteiger partial charge in [0, 0.05) is 18.7 Å². The maximum atomic E-state index is 13.1. The number of benzene rings is 3. The molecule has 34 heavy (non-hydrogen) atoms. The SMILES string of the molecule is CCN(CC)C(=O)Oc1c(/C(=C/c2ccccc2)c2ccc(OC)cc2)cccc1[Si](C)(C)C. The van der Waals surface area contributed by atoms with Crippen molar-refractivity contribution >= 4 is 31.0 Å². The summed E-state index contributed by atoms with van der Waals surface area (Å²) in [5, 5.41) is 1.12. The van der Waals surface area contributed by atoms with Crippen LogP contribution in [0.5, 0.6) is 11.5 Å². The molecule has 0 N–H and O–H groups in total. The molecule has 0 fully saturated rings. The van der Waals surface area contributed by atoms with E-state index in [4.69, 9.17) is 9.47 Å². The lowest BCUT2D eigenvalue weighted by Crippen LogP contribution is -2.41. The maximum Gasteiger partial charge on any atom is 0.415 e. The molecule has 4 nitrogen and oxygen atoms in total. The molecule has 3 aromatic rings. The molecular formula is C29H35NO3Si. The first kappa shape index (κ1) is 25.3. The minimum absolute atomic E-state index is 0.314. The Balaban J connectivity index is 2.25. The molecule has 3 rings (SSSR count). The van der Waals surface area contributed by atoms with Gasteiger partial charge in [0.25, 0.3) is 0 Å². The summed E-state index contributed by atoms with van der Waals surface area (Å²) >= 11 is 0. The van der Waals surface area contributed by atoms with E-state index in [0.29, 0.717) is 18.8 Å². The normalized spacial score (nSPS) is 11.8. The van der Waals surface area contributed by atoms with E-state index < -0.39 is 8.07 Å². The Morgan fingerprint density at radius 2 is 1.53 bits per heavy atom. The zero-order valence-corrected chi connectivity index (χ0v) is 22.1. The fraction of sp³-hybridized carbons (Fsp3) is 0.276. The van der Waals surface area contributed by atoms with Crippen molar-refractivity contribution < 1.29 is 14.3 Å². The van der Waals surface area contributed by atoms with Gasteiger partial charge >= 0.3 is 6.09 Å². The summed E-state index contributed by atoms with van der Waals surface area (Å²) in [5.74, 6) is 1.46. The van der Waals surface area contributed by atoms with E-state index >= 15 is 0 Å². The van der Waals surface area contributed by atoms with Crippen LogP contribution >= 0.6 is 0 Å².